The maximum atomic E-state index is 13.1. The smallest absolute Gasteiger partial charge is 0.262 e. The summed E-state index contributed by atoms with van der Waals surface area (Å²) in [5.74, 6) is -1.36. The summed E-state index contributed by atoms with van der Waals surface area (Å²) in [5, 5.41) is 2.21. The molecule has 4 amide bonds. The van der Waals surface area contributed by atoms with Crippen molar-refractivity contribution in [3.05, 3.63) is 59.2 Å². The van der Waals surface area contributed by atoms with E-state index in [0.717, 1.165) is 23.3 Å². The lowest BCUT2D eigenvalue weighted by molar-refractivity contribution is -0.136. The number of nitrogens with one attached hydrogen (secondary N) is 1. The first-order valence-electron chi connectivity index (χ1n) is 13.5. The molecule has 0 aromatic heterocycles. The molecule has 2 atom stereocenters. The number of hydrogen-bond donors (Lipinski definition) is 2. The molecular formula is C28H31N5O6S. The van der Waals surface area contributed by atoms with Gasteiger partial charge in [0.05, 0.1) is 16.0 Å². The second-order valence-corrected chi connectivity index (χ2v) is 12.2. The molecule has 210 valence electrons. The molecule has 0 spiro atoms. The van der Waals surface area contributed by atoms with Gasteiger partial charge in [0.15, 0.2) is 0 Å². The third kappa shape index (κ3) is 5.19. The molecule has 3 fully saturated rings. The van der Waals surface area contributed by atoms with Crippen LogP contribution < -0.4 is 15.8 Å². The maximum Gasteiger partial charge on any atom is 0.262 e. The molecule has 4 heterocycles. The SMILES string of the molecule is NC1CCN(S(=O)c2cccc(OC3CN(Cc4ccc5c(c4)C(=O)N(C4CCC(=O)NC4=O)C5=O)C3)c2)CC1. The Morgan fingerprint density at radius 1 is 0.950 bits per heavy atom. The van der Waals surface area contributed by atoms with Gasteiger partial charge in [0.2, 0.25) is 11.8 Å². The predicted octanol–water partition coefficient (Wildman–Crippen LogP) is 0.797. The van der Waals surface area contributed by atoms with Crippen LogP contribution in [0.15, 0.2) is 47.4 Å². The number of carbonyl (C=O) groups excluding carboxylic acids is 4. The van der Waals surface area contributed by atoms with E-state index in [1.165, 1.54) is 0 Å². The van der Waals surface area contributed by atoms with Gasteiger partial charge in [-0.1, -0.05) is 12.1 Å². The normalized spacial score (nSPS) is 23.6. The fourth-order valence-electron chi connectivity index (χ4n) is 5.64. The van der Waals surface area contributed by atoms with Crippen molar-refractivity contribution < 1.29 is 28.1 Å². The summed E-state index contributed by atoms with van der Waals surface area (Å²) in [6, 6.07) is 11.8. The van der Waals surface area contributed by atoms with E-state index in [0.29, 0.717) is 43.4 Å². The number of ether oxygens (including phenoxy) is 1. The van der Waals surface area contributed by atoms with Crippen LogP contribution in [0.4, 0.5) is 0 Å². The number of carbonyl (C=O) groups is 4. The van der Waals surface area contributed by atoms with Crippen LogP contribution in [0.3, 0.4) is 0 Å². The molecular weight excluding hydrogens is 534 g/mol. The molecule has 4 aliphatic rings. The molecule has 0 saturated carbocycles. The van der Waals surface area contributed by atoms with E-state index < -0.39 is 40.7 Å². The van der Waals surface area contributed by atoms with Gasteiger partial charge < -0.3 is 10.5 Å². The van der Waals surface area contributed by atoms with Crippen molar-refractivity contribution in [1.29, 1.82) is 0 Å². The largest absolute Gasteiger partial charge is 0.488 e. The number of benzene rings is 2. The molecule has 2 aromatic rings. The number of nitrogens with zero attached hydrogens (tertiary/aromatic N) is 3. The van der Waals surface area contributed by atoms with Gasteiger partial charge in [-0.15, -0.1) is 0 Å². The Bertz CT molecular complexity index is 1400. The topological polar surface area (TPSA) is 142 Å². The van der Waals surface area contributed by atoms with Gasteiger partial charge in [-0.2, -0.15) is 0 Å². The molecule has 6 rings (SSSR count). The Labute approximate surface area is 234 Å². The molecule has 0 aliphatic carbocycles. The fourth-order valence-corrected chi connectivity index (χ4v) is 6.89. The lowest BCUT2D eigenvalue weighted by Gasteiger charge is -2.39. The fraction of sp³-hybridized carbons (Fsp3) is 0.429. The second-order valence-electron chi connectivity index (χ2n) is 10.8. The summed E-state index contributed by atoms with van der Waals surface area (Å²) in [7, 11) is -1.25. The molecule has 40 heavy (non-hydrogen) atoms. The van der Waals surface area contributed by atoms with Crippen LogP contribution in [0.2, 0.25) is 0 Å². The first-order chi connectivity index (χ1) is 19.3. The van der Waals surface area contributed by atoms with E-state index in [4.69, 9.17) is 10.5 Å². The van der Waals surface area contributed by atoms with Crippen molar-refractivity contribution in [2.75, 3.05) is 26.2 Å². The molecule has 3 N–H and O–H groups in total. The van der Waals surface area contributed by atoms with Gasteiger partial charge in [0.1, 0.15) is 28.9 Å². The highest BCUT2D eigenvalue weighted by atomic mass is 32.2. The van der Waals surface area contributed by atoms with Crippen LogP contribution in [0.5, 0.6) is 5.75 Å². The zero-order valence-corrected chi connectivity index (χ0v) is 22.7. The van der Waals surface area contributed by atoms with E-state index >= 15 is 0 Å². The lowest BCUT2D eigenvalue weighted by atomic mass is 10.0. The minimum absolute atomic E-state index is 0.0164. The van der Waals surface area contributed by atoms with Gasteiger partial charge in [-0.05, 0) is 55.2 Å². The van der Waals surface area contributed by atoms with E-state index in [2.05, 4.69) is 10.2 Å². The number of hydrogen-bond acceptors (Lipinski definition) is 8. The molecule has 0 radical (unpaired) electrons. The van der Waals surface area contributed by atoms with E-state index in [1.54, 1.807) is 12.1 Å². The van der Waals surface area contributed by atoms with E-state index in [-0.39, 0.29) is 36.1 Å². The third-order valence-electron chi connectivity index (χ3n) is 7.88. The highest BCUT2D eigenvalue weighted by Crippen LogP contribution is 2.30. The Balaban J connectivity index is 1.04. The summed E-state index contributed by atoms with van der Waals surface area (Å²) < 4.78 is 21.1. The van der Waals surface area contributed by atoms with Crippen molar-refractivity contribution in [1.82, 2.24) is 19.4 Å². The number of amides is 4. The van der Waals surface area contributed by atoms with Crippen LogP contribution in [-0.2, 0) is 27.1 Å². The maximum absolute atomic E-state index is 13.1. The first kappa shape index (κ1) is 26.8. The van der Waals surface area contributed by atoms with Crippen LogP contribution in [-0.4, -0.2) is 86.3 Å². The Morgan fingerprint density at radius 3 is 2.45 bits per heavy atom. The molecule has 0 bridgehead atoms. The molecule has 12 heteroatoms. The average molecular weight is 566 g/mol. The number of rotatable bonds is 7. The number of fused-ring (bicyclic) bond motifs is 1. The van der Waals surface area contributed by atoms with Gasteiger partial charge in [-0.25, -0.2) is 8.51 Å². The summed E-state index contributed by atoms with van der Waals surface area (Å²) in [4.78, 5) is 53.6. The Kier molecular flexibility index (Phi) is 7.26. The summed E-state index contributed by atoms with van der Waals surface area (Å²) >= 11 is 0. The number of likely N-dealkylation sites (tertiary alicyclic amines) is 1. The Morgan fingerprint density at radius 2 is 1.70 bits per heavy atom. The van der Waals surface area contributed by atoms with Crippen molar-refractivity contribution in [2.45, 2.75) is 55.3 Å². The summed E-state index contributed by atoms with van der Waals surface area (Å²) in [6.07, 6.45) is 1.88. The van der Waals surface area contributed by atoms with Crippen molar-refractivity contribution in [2.24, 2.45) is 5.73 Å². The zero-order valence-electron chi connectivity index (χ0n) is 21.9. The molecule has 3 saturated heterocycles. The number of nitrogens with two attached hydrogens (primary N) is 1. The van der Waals surface area contributed by atoms with Crippen LogP contribution >= 0.6 is 0 Å². The number of imide groups is 2. The minimum atomic E-state index is -1.25. The monoisotopic (exact) mass is 565 g/mol. The summed E-state index contributed by atoms with van der Waals surface area (Å²) in [6.45, 7) is 3.38. The van der Waals surface area contributed by atoms with Crippen molar-refractivity contribution >= 4 is 34.6 Å². The molecule has 2 aromatic carbocycles. The second kappa shape index (κ2) is 10.8. The minimum Gasteiger partial charge on any atom is -0.488 e. The number of piperidine rings is 2. The molecule has 2 unspecified atom stereocenters. The van der Waals surface area contributed by atoms with Gasteiger partial charge >= 0.3 is 0 Å². The van der Waals surface area contributed by atoms with Gasteiger partial charge in [-0.3, -0.25) is 34.3 Å². The molecule has 11 nitrogen and oxygen atoms in total. The van der Waals surface area contributed by atoms with Gasteiger partial charge in [0, 0.05) is 45.2 Å². The zero-order chi connectivity index (χ0) is 28.0. The summed E-state index contributed by atoms with van der Waals surface area (Å²) in [5.41, 5.74) is 7.40. The van der Waals surface area contributed by atoms with Crippen molar-refractivity contribution in [3.63, 3.8) is 0 Å². The molecule has 4 aliphatic heterocycles. The predicted molar refractivity (Wildman–Crippen MR) is 144 cm³/mol. The highest BCUT2D eigenvalue weighted by molar-refractivity contribution is 7.82. The van der Waals surface area contributed by atoms with Gasteiger partial charge in [0.25, 0.3) is 11.8 Å². The van der Waals surface area contributed by atoms with Crippen LogP contribution in [0.1, 0.15) is 52.0 Å². The van der Waals surface area contributed by atoms with E-state index in [9.17, 15) is 23.4 Å². The highest BCUT2D eigenvalue weighted by Gasteiger charge is 2.44. The van der Waals surface area contributed by atoms with E-state index in [1.807, 2.05) is 34.6 Å². The first-order valence-corrected chi connectivity index (χ1v) is 14.6. The van der Waals surface area contributed by atoms with Crippen LogP contribution in [0.25, 0.3) is 0 Å². The Hall–Kier alpha value is -3.45. The quantitative estimate of drug-likeness (QED) is 0.470. The third-order valence-corrected chi connectivity index (χ3v) is 9.37. The van der Waals surface area contributed by atoms with Crippen molar-refractivity contribution in [3.8, 4) is 5.75 Å². The average Bonchev–Trinajstić information content (AvgIpc) is 3.16. The van der Waals surface area contributed by atoms with Crippen LogP contribution in [0, 0.1) is 0 Å². The standard InChI is InChI=1S/C28H31N5O6S/c29-18-8-10-32(11-9-18)40(38)21-3-1-2-19(13-21)39-20-15-31(16-20)14-17-4-5-22-23(12-17)28(37)33(27(22)36)24-6-7-25(34)30-26(24)35/h1-5,12-13,18,20,24H,6-11,14-16,29H2,(H,30,34,35). The lowest BCUT2D eigenvalue weighted by Crippen LogP contribution is -2.54.